The maximum Gasteiger partial charge on any atom is 0.190 e. The Kier molecular flexibility index (Phi) is 3.30. The van der Waals surface area contributed by atoms with E-state index in [1.165, 1.54) is 6.92 Å². The van der Waals surface area contributed by atoms with Crippen molar-refractivity contribution in [3.05, 3.63) is 29.5 Å². The van der Waals surface area contributed by atoms with Crippen molar-refractivity contribution in [2.24, 2.45) is 5.92 Å². The van der Waals surface area contributed by atoms with E-state index in [2.05, 4.69) is 4.98 Å². The summed E-state index contributed by atoms with van der Waals surface area (Å²) in [6.07, 6.45) is 0. The van der Waals surface area contributed by atoms with Crippen molar-refractivity contribution in [3.63, 3.8) is 0 Å². The molecule has 2 heterocycles. The minimum atomic E-state index is -0.531. The van der Waals surface area contributed by atoms with Crippen molar-refractivity contribution in [1.29, 1.82) is 0 Å². The summed E-state index contributed by atoms with van der Waals surface area (Å²) < 4.78 is 5.24. The molecule has 1 unspecified atom stereocenters. The van der Waals surface area contributed by atoms with Crippen molar-refractivity contribution >= 4 is 34.2 Å². The number of aromatic amines is 1. The molecule has 0 saturated carbocycles. The van der Waals surface area contributed by atoms with Crippen LogP contribution in [0.25, 0.3) is 10.9 Å². The number of hydrogen-bond acceptors (Lipinski definition) is 4. The molecule has 0 amide bonds. The predicted octanol–water partition coefficient (Wildman–Crippen LogP) is 2.81. The lowest BCUT2D eigenvalue weighted by molar-refractivity contribution is -0.118. The smallest absolute Gasteiger partial charge is 0.190 e. The minimum absolute atomic E-state index is 0.0633. The Bertz CT molecular complexity index is 704. The van der Waals surface area contributed by atoms with Crippen LogP contribution < -0.4 is 4.74 Å². The Morgan fingerprint density at radius 2 is 2.25 bits per heavy atom. The molecule has 1 aliphatic heterocycles. The van der Waals surface area contributed by atoms with Crippen LogP contribution in [0.1, 0.15) is 23.0 Å². The highest BCUT2D eigenvalue weighted by Gasteiger charge is 2.31. The molecule has 20 heavy (non-hydrogen) atoms. The first-order valence-electron chi connectivity index (χ1n) is 6.43. The number of methoxy groups -OCH3 is 1. The van der Waals surface area contributed by atoms with Crippen LogP contribution in [-0.2, 0) is 10.5 Å². The van der Waals surface area contributed by atoms with Gasteiger partial charge >= 0.3 is 0 Å². The van der Waals surface area contributed by atoms with E-state index in [9.17, 15) is 9.59 Å². The number of ether oxygens (including phenoxy) is 1. The number of thioether (sulfide) groups is 1. The predicted molar refractivity (Wildman–Crippen MR) is 79.5 cm³/mol. The first-order chi connectivity index (χ1) is 9.61. The van der Waals surface area contributed by atoms with Gasteiger partial charge in [-0.25, -0.2) is 0 Å². The van der Waals surface area contributed by atoms with Crippen LogP contribution >= 0.6 is 11.8 Å². The average Bonchev–Trinajstić information content (AvgIpc) is 2.71. The number of nitrogens with one attached hydrogen (secondary N) is 1. The third-order valence-electron chi connectivity index (χ3n) is 3.70. The fraction of sp³-hybridized carbons (Fsp3) is 0.333. The van der Waals surface area contributed by atoms with Gasteiger partial charge in [-0.1, -0.05) is 0 Å². The van der Waals surface area contributed by atoms with E-state index < -0.39 is 5.92 Å². The van der Waals surface area contributed by atoms with Crippen LogP contribution in [0.4, 0.5) is 0 Å². The van der Waals surface area contributed by atoms with E-state index >= 15 is 0 Å². The highest BCUT2D eigenvalue weighted by atomic mass is 32.2. The molecule has 0 aliphatic carbocycles. The second-order valence-corrected chi connectivity index (χ2v) is 5.96. The van der Waals surface area contributed by atoms with Crippen LogP contribution in [-0.4, -0.2) is 29.4 Å². The zero-order chi connectivity index (χ0) is 14.3. The fourth-order valence-corrected chi connectivity index (χ4v) is 3.79. The van der Waals surface area contributed by atoms with Gasteiger partial charge in [-0.15, -0.1) is 0 Å². The Morgan fingerprint density at radius 3 is 2.95 bits per heavy atom. The van der Waals surface area contributed by atoms with Gasteiger partial charge in [-0.2, -0.15) is 11.8 Å². The van der Waals surface area contributed by atoms with E-state index in [4.69, 9.17) is 4.74 Å². The molecule has 1 aliphatic rings. The zero-order valence-corrected chi connectivity index (χ0v) is 12.2. The monoisotopic (exact) mass is 289 g/mol. The second kappa shape index (κ2) is 4.98. The zero-order valence-electron chi connectivity index (χ0n) is 11.4. The Labute approximate surface area is 120 Å². The molecule has 4 nitrogen and oxygen atoms in total. The van der Waals surface area contributed by atoms with Gasteiger partial charge in [0.2, 0.25) is 0 Å². The quantitative estimate of drug-likeness (QED) is 0.864. The van der Waals surface area contributed by atoms with E-state index in [1.807, 2.05) is 18.2 Å². The van der Waals surface area contributed by atoms with Gasteiger partial charge in [-0.05, 0) is 30.7 Å². The van der Waals surface area contributed by atoms with Gasteiger partial charge in [0.25, 0.3) is 0 Å². The minimum Gasteiger partial charge on any atom is -0.497 e. The van der Waals surface area contributed by atoms with Gasteiger partial charge in [0.05, 0.1) is 18.7 Å². The summed E-state index contributed by atoms with van der Waals surface area (Å²) in [6, 6.07) is 5.70. The molecule has 1 atom stereocenters. The van der Waals surface area contributed by atoms with E-state index in [1.54, 1.807) is 18.9 Å². The number of ketones is 2. The largest absolute Gasteiger partial charge is 0.497 e. The van der Waals surface area contributed by atoms with E-state index in [-0.39, 0.29) is 11.6 Å². The first kappa shape index (κ1) is 13.2. The van der Waals surface area contributed by atoms with Crippen molar-refractivity contribution in [1.82, 2.24) is 4.98 Å². The number of Topliss-reactive ketones (excluding diaryl/α,β-unsaturated/α-hetero) is 2. The molecular formula is C15H15NO3S. The number of rotatable bonds is 2. The molecule has 0 bridgehead atoms. The lowest BCUT2D eigenvalue weighted by Crippen LogP contribution is -2.24. The average molecular weight is 289 g/mol. The summed E-state index contributed by atoms with van der Waals surface area (Å²) in [7, 11) is 1.62. The Morgan fingerprint density at radius 1 is 1.45 bits per heavy atom. The molecule has 1 aromatic carbocycles. The second-order valence-electron chi connectivity index (χ2n) is 4.93. The number of carbonyl (C=O) groups is 2. The standard InChI is InChI=1S/C15H15NO3S/c1-8(17)11-6-20-7-12-10-5-9(19-2)3-4-13(10)16-14(12)15(11)18/h3-5,11,16H,6-7H2,1-2H3. The van der Waals surface area contributed by atoms with Crippen LogP contribution in [0.2, 0.25) is 0 Å². The maximum atomic E-state index is 12.5. The lowest BCUT2D eigenvalue weighted by atomic mass is 9.97. The number of H-pyrrole nitrogens is 1. The van der Waals surface area contributed by atoms with Crippen LogP contribution in [0.3, 0.4) is 0 Å². The van der Waals surface area contributed by atoms with Gasteiger partial charge in [0.15, 0.2) is 5.78 Å². The molecule has 3 rings (SSSR count). The van der Waals surface area contributed by atoms with Crippen LogP contribution in [0, 0.1) is 5.92 Å². The molecule has 1 aromatic heterocycles. The molecule has 0 saturated heterocycles. The van der Waals surface area contributed by atoms with Crippen molar-refractivity contribution in [3.8, 4) is 5.75 Å². The number of fused-ring (bicyclic) bond motifs is 3. The molecule has 0 spiro atoms. The van der Waals surface area contributed by atoms with Crippen LogP contribution in [0.5, 0.6) is 5.75 Å². The molecule has 0 fully saturated rings. The van der Waals surface area contributed by atoms with E-state index in [0.29, 0.717) is 11.4 Å². The van der Waals surface area contributed by atoms with Gasteiger partial charge in [-0.3, -0.25) is 9.59 Å². The topological polar surface area (TPSA) is 59.2 Å². The maximum absolute atomic E-state index is 12.5. The van der Waals surface area contributed by atoms with Crippen LogP contribution in [0.15, 0.2) is 18.2 Å². The summed E-state index contributed by atoms with van der Waals surface area (Å²) in [4.78, 5) is 27.3. The van der Waals surface area contributed by atoms with Gasteiger partial charge in [0.1, 0.15) is 11.5 Å². The Hall–Kier alpha value is -1.75. The lowest BCUT2D eigenvalue weighted by Gasteiger charge is -2.07. The normalized spacial score (nSPS) is 18.7. The molecule has 104 valence electrons. The Balaban J connectivity index is 2.17. The molecule has 0 radical (unpaired) electrons. The highest BCUT2D eigenvalue weighted by Crippen LogP contribution is 2.34. The number of hydrogen-bond donors (Lipinski definition) is 1. The van der Waals surface area contributed by atoms with Crippen molar-refractivity contribution < 1.29 is 14.3 Å². The first-order valence-corrected chi connectivity index (χ1v) is 7.58. The number of aromatic nitrogens is 1. The number of benzene rings is 1. The number of carbonyl (C=O) groups excluding carboxylic acids is 2. The van der Waals surface area contributed by atoms with Gasteiger partial charge < -0.3 is 9.72 Å². The molecule has 2 aromatic rings. The summed E-state index contributed by atoms with van der Waals surface area (Å²) in [6.45, 7) is 1.49. The summed E-state index contributed by atoms with van der Waals surface area (Å²) >= 11 is 1.63. The molecule has 1 N–H and O–H groups in total. The summed E-state index contributed by atoms with van der Waals surface area (Å²) in [5.41, 5.74) is 2.48. The van der Waals surface area contributed by atoms with Crippen molar-refractivity contribution in [2.45, 2.75) is 12.7 Å². The third-order valence-corrected chi connectivity index (χ3v) is 4.76. The summed E-state index contributed by atoms with van der Waals surface area (Å²) in [5.74, 6) is 1.37. The molecule has 5 heteroatoms. The highest BCUT2D eigenvalue weighted by molar-refractivity contribution is 7.98. The SMILES string of the molecule is COc1ccc2[nH]c3c(c2c1)CSCC(C(C)=O)C3=O. The van der Waals surface area contributed by atoms with E-state index in [0.717, 1.165) is 28.0 Å². The fourth-order valence-electron chi connectivity index (χ4n) is 2.54. The third kappa shape index (κ3) is 2.02. The van der Waals surface area contributed by atoms with Crippen molar-refractivity contribution in [2.75, 3.05) is 12.9 Å². The summed E-state index contributed by atoms with van der Waals surface area (Å²) in [5, 5.41) is 1.00. The van der Waals surface area contributed by atoms with Gasteiger partial charge in [0, 0.05) is 22.4 Å². The molecular weight excluding hydrogens is 274 g/mol.